The number of nitrogens with two attached hydrogens (primary N) is 1. The van der Waals surface area contributed by atoms with E-state index in [-0.39, 0.29) is 17.6 Å². The molecule has 0 radical (unpaired) electrons. The summed E-state index contributed by atoms with van der Waals surface area (Å²) in [4.78, 5) is 14.1. The summed E-state index contributed by atoms with van der Waals surface area (Å²) < 4.78 is 5.61. The summed E-state index contributed by atoms with van der Waals surface area (Å²) in [6.45, 7) is 5.89. The number of amides is 1. The Bertz CT molecular complexity index is 431. The molecule has 0 aromatic heterocycles. The molecule has 4 nitrogen and oxygen atoms in total. The Balaban J connectivity index is 1.94. The Hall–Kier alpha value is -1.39. The summed E-state index contributed by atoms with van der Waals surface area (Å²) in [6, 6.07) is 9.51. The number of benzene rings is 1. The van der Waals surface area contributed by atoms with Crippen molar-refractivity contribution < 1.29 is 9.53 Å². The standard InChI is InChI=1S/C15H22N2O2/c1-15(2)11-17(8-9-19-15)14(18)10-13(16)12-6-4-3-5-7-12/h3-7,13H,8-11,16H2,1-2H3/t13-/m0/s1. The highest BCUT2D eigenvalue weighted by Gasteiger charge is 2.30. The fourth-order valence-corrected chi connectivity index (χ4v) is 2.36. The van der Waals surface area contributed by atoms with E-state index in [0.717, 1.165) is 5.56 Å². The topological polar surface area (TPSA) is 55.6 Å². The Kier molecular flexibility index (Phi) is 4.22. The van der Waals surface area contributed by atoms with Crippen LogP contribution in [0.25, 0.3) is 0 Å². The maximum absolute atomic E-state index is 12.3. The van der Waals surface area contributed by atoms with Crippen molar-refractivity contribution in [2.45, 2.75) is 31.9 Å². The fourth-order valence-electron chi connectivity index (χ4n) is 2.36. The Morgan fingerprint density at radius 1 is 1.42 bits per heavy atom. The Morgan fingerprint density at radius 2 is 2.11 bits per heavy atom. The van der Waals surface area contributed by atoms with E-state index >= 15 is 0 Å². The zero-order chi connectivity index (χ0) is 13.9. The first kappa shape index (κ1) is 14.0. The second-order valence-corrected chi connectivity index (χ2v) is 5.64. The van der Waals surface area contributed by atoms with Crippen molar-refractivity contribution in [2.24, 2.45) is 5.73 Å². The van der Waals surface area contributed by atoms with Gasteiger partial charge in [0.1, 0.15) is 0 Å². The maximum Gasteiger partial charge on any atom is 0.224 e. The van der Waals surface area contributed by atoms with Crippen LogP contribution in [0.1, 0.15) is 31.9 Å². The first-order valence-electron chi connectivity index (χ1n) is 6.70. The number of morpholine rings is 1. The quantitative estimate of drug-likeness (QED) is 0.902. The van der Waals surface area contributed by atoms with Crippen LogP contribution in [-0.4, -0.2) is 36.1 Å². The normalized spacial score (nSPS) is 20.1. The summed E-state index contributed by atoms with van der Waals surface area (Å²) in [5.74, 6) is 0.104. The van der Waals surface area contributed by atoms with Gasteiger partial charge in [-0.05, 0) is 19.4 Å². The highest BCUT2D eigenvalue weighted by molar-refractivity contribution is 5.77. The molecule has 1 aromatic rings. The molecule has 1 aliphatic rings. The summed E-state index contributed by atoms with van der Waals surface area (Å²) >= 11 is 0. The predicted molar refractivity (Wildman–Crippen MR) is 74.6 cm³/mol. The second-order valence-electron chi connectivity index (χ2n) is 5.64. The van der Waals surface area contributed by atoms with Crippen molar-refractivity contribution in [3.05, 3.63) is 35.9 Å². The number of hydrogen-bond acceptors (Lipinski definition) is 3. The molecule has 2 rings (SSSR count). The van der Waals surface area contributed by atoms with Gasteiger partial charge >= 0.3 is 0 Å². The molecule has 1 atom stereocenters. The lowest BCUT2D eigenvalue weighted by Gasteiger charge is -2.38. The fraction of sp³-hybridized carbons (Fsp3) is 0.533. The SMILES string of the molecule is CC1(C)CN(C(=O)C[C@H](N)c2ccccc2)CCO1. The van der Waals surface area contributed by atoms with Crippen LogP contribution in [0.15, 0.2) is 30.3 Å². The average molecular weight is 262 g/mol. The van der Waals surface area contributed by atoms with E-state index in [9.17, 15) is 4.79 Å². The molecule has 0 saturated carbocycles. The van der Waals surface area contributed by atoms with Crippen LogP contribution in [-0.2, 0) is 9.53 Å². The predicted octanol–water partition coefficient (Wildman–Crippen LogP) is 1.71. The van der Waals surface area contributed by atoms with Crippen molar-refractivity contribution in [2.75, 3.05) is 19.7 Å². The van der Waals surface area contributed by atoms with Gasteiger partial charge in [-0.2, -0.15) is 0 Å². The second kappa shape index (κ2) is 5.72. The number of nitrogens with zero attached hydrogens (tertiary/aromatic N) is 1. The number of carbonyl (C=O) groups excluding carboxylic acids is 1. The maximum atomic E-state index is 12.3. The van der Waals surface area contributed by atoms with E-state index in [0.29, 0.717) is 26.1 Å². The summed E-state index contributed by atoms with van der Waals surface area (Å²) in [6.07, 6.45) is 0.347. The van der Waals surface area contributed by atoms with Crippen LogP contribution >= 0.6 is 0 Å². The van der Waals surface area contributed by atoms with Gasteiger partial charge in [-0.15, -0.1) is 0 Å². The third-order valence-electron chi connectivity index (χ3n) is 3.40. The molecular weight excluding hydrogens is 240 g/mol. The van der Waals surface area contributed by atoms with Crippen molar-refractivity contribution >= 4 is 5.91 Å². The summed E-state index contributed by atoms with van der Waals surface area (Å²) in [7, 11) is 0. The molecule has 1 fully saturated rings. The third kappa shape index (κ3) is 3.78. The lowest BCUT2D eigenvalue weighted by atomic mass is 10.0. The molecule has 1 heterocycles. The van der Waals surface area contributed by atoms with E-state index in [4.69, 9.17) is 10.5 Å². The van der Waals surface area contributed by atoms with Gasteiger partial charge in [-0.25, -0.2) is 0 Å². The van der Waals surface area contributed by atoms with Gasteiger partial charge in [0.15, 0.2) is 0 Å². The monoisotopic (exact) mass is 262 g/mol. The molecule has 1 saturated heterocycles. The largest absolute Gasteiger partial charge is 0.372 e. The first-order valence-corrected chi connectivity index (χ1v) is 6.70. The van der Waals surface area contributed by atoms with Crippen molar-refractivity contribution in [3.63, 3.8) is 0 Å². The van der Waals surface area contributed by atoms with Crippen LogP contribution < -0.4 is 5.73 Å². The molecule has 0 spiro atoms. The van der Waals surface area contributed by atoms with E-state index in [1.807, 2.05) is 49.1 Å². The van der Waals surface area contributed by atoms with E-state index in [1.165, 1.54) is 0 Å². The van der Waals surface area contributed by atoms with Crippen molar-refractivity contribution in [1.29, 1.82) is 0 Å². The molecule has 1 aromatic carbocycles. The van der Waals surface area contributed by atoms with Crippen LogP contribution in [0, 0.1) is 0 Å². The average Bonchev–Trinajstić information content (AvgIpc) is 2.38. The first-order chi connectivity index (χ1) is 8.98. The van der Waals surface area contributed by atoms with E-state index in [1.54, 1.807) is 0 Å². The number of hydrogen-bond donors (Lipinski definition) is 1. The highest BCUT2D eigenvalue weighted by atomic mass is 16.5. The highest BCUT2D eigenvalue weighted by Crippen LogP contribution is 2.20. The van der Waals surface area contributed by atoms with Gasteiger partial charge in [0.2, 0.25) is 5.91 Å². The molecule has 4 heteroatoms. The molecule has 0 aliphatic carbocycles. The molecule has 2 N–H and O–H groups in total. The summed E-state index contributed by atoms with van der Waals surface area (Å²) in [5, 5.41) is 0. The lowest BCUT2D eigenvalue weighted by Crippen LogP contribution is -2.51. The van der Waals surface area contributed by atoms with Gasteiger partial charge in [0.05, 0.1) is 12.2 Å². The number of rotatable bonds is 3. The lowest BCUT2D eigenvalue weighted by molar-refractivity contribution is -0.146. The zero-order valence-electron chi connectivity index (χ0n) is 11.6. The smallest absolute Gasteiger partial charge is 0.224 e. The van der Waals surface area contributed by atoms with Gasteiger partial charge in [-0.3, -0.25) is 4.79 Å². The molecule has 104 valence electrons. The minimum absolute atomic E-state index is 0.104. The number of ether oxygens (including phenoxy) is 1. The van der Waals surface area contributed by atoms with Gasteiger partial charge in [0.25, 0.3) is 0 Å². The molecule has 0 bridgehead atoms. The van der Waals surface area contributed by atoms with E-state index < -0.39 is 0 Å². The molecule has 1 amide bonds. The van der Waals surface area contributed by atoms with Crippen LogP contribution in [0.5, 0.6) is 0 Å². The van der Waals surface area contributed by atoms with Gasteiger partial charge < -0.3 is 15.4 Å². The minimum atomic E-state index is -0.259. The Morgan fingerprint density at radius 3 is 2.74 bits per heavy atom. The van der Waals surface area contributed by atoms with Crippen LogP contribution in [0.4, 0.5) is 0 Å². The zero-order valence-corrected chi connectivity index (χ0v) is 11.6. The molecule has 19 heavy (non-hydrogen) atoms. The van der Waals surface area contributed by atoms with E-state index in [2.05, 4.69) is 0 Å². The van der Waals surface area contributed by atoms with Crippen LogP contribution in [0.3, 0.4) is 0 Å². The number of carbonyl (C=O) groups is 1. The van der Waals surface area contributed by atoms with Crippen LogP contribution in [0.2, 0.25) is 0 Å². The third-order valence-corrected chi connectivity index (χ3v) is 3.40. The van der Waals surface area contributed by atoms with Crippen molar-refractivity contribution in [1.82, 2.24) is 4.90 Å². The van der Waals surface area contributed by atoms with Crippen molar-refractivity contribution in [3.8, 4) is 0 Å². The Labute approximate surface area is 114 Å². The molecule has 1 aliphatic heterocycles. The molecular formula is C15H22N2O2. The molecule has 0 unspecified atom stereocenters. The summed E-state index contributed by atoms with van der Waals surface area (Å²) in [5.41, 5.74) is 6.84. The van der Waals surface area contributed by atoms with Gasteiger partial charge in [0, 0.05) is 25.6 Å². The minimum Gasteiger partial charge on any atom is -0.372 e. The van der Waals surface area contributed by atoms with Gasteiger partial charge in [-0.1, -0.05) is 30.3 Å².